The zero-order valence-corrected chi connectivity index (χ0v) is 15.1. The zero-order valence-electron chi connectivity index (χ0n) is 15.1. The van der Waals surface area contributed by atoms with E-state index >= 15 is 0 Å². The summed E-state index contributed by atoms with van der Waals surface area (Å²) in [6, 6.07) is 10.6. The van der Waals surface area contributed by atoms with Crippen LogP contribution in [0.1, 0.15) is 48.3 Å². The molecule has 0 fully saturated rings. The van der Waals surface area contributed by atoms with Crippen LogP contribution in [0.25, 0.3) is 0 Å². The van der Waals surface area contributed by atoms with Crippen molar-refractivity contribution < 1.29 is 27.5 Å². The highest BCUT2D eigenvalue weighted by atomic mass is 19.4. The van der Waals surface area contributed by atoms with E-state index in [1.165, 1.54) is 32.0 Å². The average Bonchev–Trinajstić information content (AvgIpc) is 2.61. The molecule has 1 amide bonds. The van der Waals surface area contributed by atoms with Crippen LogP contribution in [0.2, 0.25) is 0 Å². The molecule has 2 aromatic rings. The van der Waals surface area contributed by atoms with Crippen LogP contribution in [0.3, 0.4) is 0 Å². The fraction of sp³-hybridized carbons (Fsp3) is 0.300. The number of rotatable bonds is 6. The lowest BCUT2D eigenvalue weighted by Gasteiger charge is -2.20. The molecule has 0 saturated carbocycles. The molecule has 0 heterocycles. The Balaban J connectivity index is 2.04. The van der Waals surface area contributed by atoms with Gasteiger partial charge in [-0.15, -0.1) is 0 Å². The second-order valence-corrected chi connectivity index (χ2v) is 6.20. The number of hydrogen-bond donors (Lipinski definition) is 1. The van der Waals surface area contributed by atoms with E-state index in [0.29, 0.717) is 16.9 Å². The molecule has 0 radical (unpaired) electrons. The van der Waals surface area contributed by atoms with E-state index in [2.05, 4.69) is 5.32 Å². The lowest BCUT2D eigenvalue weighted by atomic mass is 10.0. The first-order chi connectivity index (χ1) is 12.6. The zero-order chi connectivity index (χ0) is 20.2. The minimum Gasteiger partial charge on any atom is -0.481 e. The monoisotopic (exact) mass is 379 g/mol. The SMILES string of the molecule is CC(=O)c1cccc(O[C@H](C)C(=O)N[C@@H](C)c2cccc(C(F)(F)F)c2)c1. The van der Waals surface area contributed by atoms with Gasteiger partial charge in [0.2, 0.25) is 0 Å². The van der Waals surface area contributed by atoms with Gasteiger partial charge < -0.3 is 10.1 Å². The van der Waals surface area contributed by atoms with Gasteiger partial charge in [0.15, 0.2) is 11.9 Å². The third-order valence-corrected chi connectivity index (χ3v) is 4.00. The summed E-state index contributed by atoms with van der Waals surface area (Å²) in [7, 11) is 0. The number of carbonyl (C=O) groups is 2. The van der Waals surface area contributed by atoms with Gasteiger partial charge in [-0.1, -0.05) is 24.3 Å². The molecule has 2 atom stereocenters. The largest absolute Gasteiger partial charge is 0.481 e. The number of hydrogen-bond acceptors (Lipinski definition) is 3. The lowest BCUT2D eigenvalue weighted by Crippen LogP contribution is -2.37. The molecule has 0 saturated heterocycles. The number of carbonyl (C=O) groups excluding carboxylic acids is 2. The number of ketones is 1. The molecular formula is C20H20F3NO3. The first kappa shape index (κ1) is 20.5. The Hall–Kier alpha value is -2.83. The number of benzene rings is 2. The number of amides is 1. The average molecular weight is 379 g/mol. The van der Waals surface area contributed by atoms with Gasteiger partial charge in [0.25, 0.3) is 5.91 Å². The smallest absolute Gasteiger partial charge is 0.416 e. The molecule has 0 bridgehead atoms. The van der Waals surface area contributed by atoms with Gasteiger partial charge in [0.05, 0.1) is 11.6 Å². The predicted octanol–water partition coefficient (Wildman–Crippen LogP) is 4.55. The summed E-state index contributed by atoms with van der Waals surface area (Å²) in [5.74, 6) is -0.249. The van der Waals surface area contributed by atoms with E-state index in [-0.39, 0.29) is 5.78 Å². The van der Waals surface area contributed by atoms with Crippen LogP contribution in [0.15, 0.2) is 48.5 Å². The minimum absolute atomic E-state index is 0.129. The molecule has 0 aliphatic carbocycles. The quantitative estimate of drug-likeness (QED) is 0.749. The van der Waals surface area contributed by atoms with Crippen LogP contribution in [0.4, 0.5) is 13.2 Å². The van der Waals surface area contributed by atoms with Crippen molar-refractivity contribution in [3.05, 3.63) is 65.2 Å². The summed E-state index contributed by atoms with van der Waals surface area (Å²) in [6.45, 7) is 4.54. The molecule has 0 aliphatic rings. The molecule has 2 rings (SSSR count). The van der Waals surface area contributed by atoms with Gasteiger partial charge >= 0.3 is 6.18 Å². The Morgan fingerprint density at radius 1 is 1.04 bits per heavy atom. The van der Waals surface area contributed by atoms with Crippen molar-refractivity contribution in [3.8, 4) is 5.75 Å². The normalized spacial score (nSPS) is 13.6. The molecular weight excluding hydrogens is 359 g/mol. The van der Waals surface area contributed by atoms with Gasteiger partial charge in [-0.2, -0.15) is 13.2 Å². The molecule has 0 unspecified atom stereocenters. The van der Waals surface area contributed by atoms with Crippen molar-refractivity contribution in [2.24, 2.45) is 0 Å². The maximum absolute atomic E-state index is 12.8. The fourth-order valence-electron chi connectivity index (χ4n) is 2.44. The molecule has 4 nitrogen and oxygen atoms in total. The van der Waals surface area contributed by atoms with E-state index in [0.717, 1.165) is 12.1 Å². The summed E-state index contributed by atoms with van der Waals surface area (Å²) in [6.07, 6.45) is -5.34. The van der Waals surface area contributed by atoms with Gasteiger partial charge in [-0.25, -0.2) is 0 Å². The summed E-state index contributed by atoms with van der Waals surface area (Å²) in [5, 5.41) is 2.63. The molecule has 1 N–H and O–H groups in total. The summed E-state index contributed by atoms with van der Waals surface area (Å²) in [4.78, 5) is 23.7. The summed E-state index contributed by atoms with van der Waals surface area (Å²) in [5.41, 5.74) is 0.0211. The highest BCUT2D eigenvalue weighted by Gasteiger charge is 2.31. The maximum Gasteiger partial charge on any atom is 0.416 e. The third-order valence-electron chi connectivity index (χ3n) is 4.00. The van der Waals surface area contributed by atoms with Gasteiger partial charge in [-0.3, -0.25) is 9.59 Å². The van der Waals surface area contributed by atoms with Gasteiger partial charge in [0, 0.05) is 5.56 Å². The second kappa shape index (κ2) is 8.24. The lowest BCUT2D eigenvalue weighted by molar-refractivity contribution is -0.137. The fourth-order valence-corrected chi connectivity index (χ4v) is 2.44. The van der Waals surface area contributed by atoms with Crippen molar-refractivity contribution in [2.45, 2.75) is 39.1 Å². The standard InChI is InChI=1S/C20H20F3NO3/c1-12(15-6-4-8-17(10-15)20(21,22)23)24-19(26)14(3)27-18-9-5-7-16(11-18)13(2)25/h4-12,14H,1-3H3,(H,24,26)/t12-,14+/m0/s1. The van der Waals surface area contributed by atoms with Crippen molar-refractivity contribution in [2.75, 3.05) is 0 Å². The Labute approximate surface area is 155 Å². The van der Waals surface area contributed by atoms with E-state index in [1.807, 2.05) is 0 Å². The Morgan fingerprint density at radius 3 is 2.33 bits per heavy atom. The van der Waals surface area contributed by atoms with Crippen molar-refractivity contribution in [3.63, 3.8) is 0 Å². The first-order valence-electron chi connectivity index (χ1n) is 8.33. The van der Waals surface area contributed by atoms with Crippen molar-refractivity contribution in [1.82, 2.24) is 5.32 Å². The van der Waals surface area contributed by atoms with Crippen LogP contribution in [0.5, 0.6) is 5.75 Å². The summed E-state index contributed by atoms with van der Waals surface area (Å²) < 4.78 is 44.0. The van der Waals surface area contributed by atoms with Crippen LogP contribution in [0, 0.1) is 0 Å². The number of nitrogens with one attached hydrogen (secondary N) is 1. The Kier molecular flexibility index (Phi) is 6.25. The Bertz CT molecular complexity index is 833. The summed E-state index contributed by atoms with van der Waals surface area (Å²) >= 11 is 0. The van der Waals surface area contributed by atoms with Crippen LogP contribution in [-0.2, 0) is 11.0 Å². The highest BCUT2D eigenvalue weighted by Crippen LogP contribution is 2.30. The van der Waals surface area contributed by atoms with Gasteiger partial charge in [0.1, 0.15) is 5.75 Å². The number of halogens is 3. The predicted molar refractivity (Wildman–Crippen MR) is 94.5 cm³/mol. The van der Waals surface area contributed by atoms with Crippen LogP contribution < -0.4 is 10.1 Å². The molecule has 27 heavy (non-hydrogen) atoms. The first-order valence-corrected chi connectivity index (χ1v) is 8.33. The molecule has 7 heteroatoms. The molecule has 144 valence electrons. The molecule has 0 aliphatic heterocycles. The second-order valence-electron chi connectivity index (χ2n) is 6.20. The number of alkyl halides is 3. The molecule has 0 aromatic heterocycles. The molecule has 2 aromatic carbocycles. The Morgan fingerprint density at radius 2 is 1.70 bits per heavy atom. The maximum atomic E-state index is 12.8. The third kappa shape index (κ3) is 5.57. The number of Topliss-reactive ketones (excluding diaryl/α,β-unsaturated/α-hetero) is 1. The van der Waals surface area contributed by atoms with Gasteiger partial charge in [-0.05, 0) is 50.6 Å². The highest BCUT2D eigenvalue weighted by molar-refractivity contribution is 5.94. The molecule has 0 spiro atoms. The van der Waals surface area contributed by atoms with Crippen molar-refractivity contribution in [1.29, 1.82) is 0 Å². The number of ether oxygens (including phenoxy) is 1. The van der Waals surface area contributed by atoms with E-state index in [9.17, 15) is 22.8 Å². The van der Waals surface area contributed by atoms with Crippen molar-refractivity contribution >= 4 is 11.7 Å². The van der Waals surface area contributed by atoms with E-state index in [4.69, 9.17) is 4.74 Å². The van der Waals surface area contributed by atoms with E-state index in [1.54, 1.807) is 25.1 Å². The van der Waals surface area contributed by atoms with Crippen LogP contribution >= 0.6 is 0 Å². The van der Waals surface area contributed by atoms with E-state index < -0.39 is 29.8 Å². The minimum atomic E-state index is -4.45. The van der Waals surface area contributed by atoms with Crippen LogP contribution in [-0.4, -0.2) is 17.8 Å². The topological polar surface area (TPSA) is 55.4 Å².